The summed E-state index contributed by atoms with van der Waals surface area (Å²) in [5.74, 6) is 0.0736. The molecule has 0 bridgehead atoms. The second-order valence-electron chi connectivity index (χ2n) is 4.77. The van der Waals surface area contributed by atoms with E-state index in [1.807, 2.05) is 0 Å². The van der Waals surface area contributed by atoms with Crippen LogP contribution in [0.3, 0.4) is 0 Å². The van der Waals surface area contributed by atoms with Crippen LogP contribution in [0.25, 0.3) is 0 Å². The number of fused-ring (bicyclic) bond motifs is 1. The van der Waals surface area contributed by atoms with E-state index in [-0.39, 0.29) is 0 Å². The largest absolute Gasteiger partial charge is 0.480 e. The van der Waals surface area contributed by atoms with Gasteiger partial charge in [-0.05, 0) is 25.7 Å². The first-order valence-electron chi connectivity index (χ1n) is 5.64. The summed E-state index contributed by atoms with van der Waals surface area (Å²) in [6, 6.07) is 0. The highest BCUT2D eigenvalue weighted by atomic mass is 16.5. The van der Waals surface area contributed by atoms with Crippen molar-refractivity contribution in [1.29, 1.82) is 0 Å². The van der Waals surface area contributed by atoms with E-state index in [9.17, 15) is 9.90 Å². The predicted molar refractivity (Wildman–Crippen MR) is 54.9 cm³/mol. The third-order valence-electron chi connectivity index (χ3n) is 3.56. The van der Waals surface area contributed by atoms with Crippen molar-refractivity contribution >= 4 is 5.97 Å². The zero-order valence-corrected chi connectivity index (χ0v) is 8.90. The maximum absolute atomic E-state index is 11.3. The Kier molecular flexibility index (Phi) is 1.89. The Morgan fingerprint density at radius 2 is 2.31 bits per heavy atom. The highest BCUT2D eigenvalue weighted by Crippen LogP contribution is 2.46. The van der Waals surface area contributed by atoms with Gasteiger partial charge in [0.05, 0.1) is 5.69 Å². The van der Waals surface area contributed by atoms with E-state index in [0.717, 1.165) is 31.4 Å². The van der Waals surface area contributed by atoms with Crippen LogP contribution in [0.2, 0.25) is 0 Å². The molecule has 1 fully saturated rings. The van der Waals surface area contributed by atoms with E-state index in [1.165, 1.54) is 0 Å². The van der Waals surface area contributed by atoms with Gasteiger partial charge in [-0.3, -0.25) is 0 Å². The molecule has 0 saturated heterocycles. The maximum Gasteiger partial charge on any atom is 0.328 e. The van der Waals surface area contributed by atoms with E-state index in [4.69, 9.17) is 10.3 Å². The fourth-order valence-corrected chi connectivity index (χ4v) is 2.49. The van der Waals surface area contributed by atoms with E-state index in [2.05, 4.69) is 5.16 Å². The smallest absolute Gasteiger partial charge is 0.328 e. The number of carboxylic acids is 1. The van der Waals surface area contributed by atoms with Crippen LogP contribution in [0.4, 0.5) is 0 Å². The van der Waals surface area contributed by atoms with Crippen LogP contribution in [-0.4, -0.2) is 16.2 Å². The second kappa shape index (κ2) is 3.07. The number of nitrogens with zero attached hydrogens (tertiary/aromatic N) is 1. The number of carbonyl (C=O) groups is 1. The molecule has 3 rings (SSSR count). The zero-order chi connectivity index (χ0) is 11.3. The molecule has 3 N–H and O–H groups in total. The molecule has 2 aliphatic rings. The minimum Gasteiger partial charge on any atom is -0.480 e. The first kappa shape index (κ1) is 9.84. The summed E-state index contributed by atoms with van der Waals surface area (Å²) < 4.78 is 5.24. The van der Waals surface area contributed by atoms with Crippen molar-refractivity contribution in [1.82, 2.24) is 5.16 Å². The lowest BCUT2D eigenvalue weighted by Gasteiger charge is -2.28. The first-order chi connectivity index (χ1) is 7.63. The van der Waals surface area contributed by atoms with E-state index < -0.39 is 11.5 Å². The van der Waals surface area contributed by atoms with Gasteiger partial charge in [-0.25, -0.2) is 4.79 Å². The molecule has 1 aromatic rings. The molecule has 0 aromatic carbocycles. The lowest BCUT2D eigenvalue weighted by Crippen LogP contribution is -2.47. The van der Waals surface area contributed by atoms with Crippen molar-refractivity contribution < 1.29 is 14.4 Å². The van der Waals surface area contributed by atoms with Crippen LogP contribution in [0, 0.1) is 0 Å². The van der Waals surface area contributed by atoms with Crippen LogP contribution >= 0.6 is 0 Å². The normalized spacial score (nSPS) is 28.8. The first-order valence-corrected chi connectivity index (χ1v) is 5.64. The predicted octanol–water partition coefficient (Wildman–Crippen LogP) is 1.13. The molecule has 1 saturated carbocycles. The lowest BCUT2D eigenvalue weighted by atomic mass is 9.78. The average Bonchev–Trinajstić information content (AvgIpc) is 2.99. The van der Waals surface area contributed by atoms with Crippen LogP contribution in [0.1, 0.15) is 48.6 Å². The number of hydrogen-bond acceptors (Lipinski definition) is 4. The molecule has 2 aliphatic carbocycles. The Morgan fingerprint density at radius 3 is 2.94 bits per heavy atom. The molecule has 5 nitrogen and oxygen atoms in total. The molecule has 86 valence electrons. The fourth-order valence-electron chi connectivity index (χ4n) is 2.49. The molecule has 0 amide bonds. The molecule has 1 aromatic heterocycles. The monoisotopic (exact) mass is 222 g/mol. The van der Waals surface area contributed by atoms with Gasteiger partial charge in [0.1, 0.15) is 11.3 Å². The van der Waals surface area contributed by atoms with E-state index >= 15 is 0 Å². The van der Waals surface area contributed by atoms with Gasteiger partial charge in [0, 0.05) is 17.9 Å². The Morgan fingerprint density at radius 1 is 1.56 bits per heavy atom. The molecule has 0 aliphatic heterocycles. The molecule has 5 heteroatoms. The van der Waals surface area contributed by atoms with Crippen LogP contribution < -0.4 is 5.73 Å². The Labute approximate surface area is 92.6 Å². The zero-order valence-electron chi connectivity index (χ0n) is 8.90. The standard InChI is InChI=1S/C11H14N2O3/c12-11(10(14)15)5-1-2-7-8(11)9(13-16-7)6-3-4-6/h6H,1-5,12H2,(H,14,15). The maximum atomic E-state index is 11.3. The SMILES string of the molecule is NC1(C(=O)O)CCCc2onc(C3CC3)c21. The summed E-state index contributed by atoms with van der Waals surface area (Å²) >= 11 is 0. The number of hydrogen-bond donors (Lipinski definition) is 2. The molecule has 1 unspecified atom stereocenters. The van der Waals surface area contributed by atoms with Crippen molar-refractivity contribution in [3.63, 3.8) is 0 Å². The van der Waals surface area contributed by atoms with E-state index in [0.29, 0.717) is 23.7 Å². The fraction of sp³-hybridized carbons (Fsp3) is 0.636. The minimum absolute atomic E-state index is 0.368. The van der Waals surface area contributed by atoms with Gasteiger partial charge >= 0.3 is 5.97 Å². The van der Waals surface area contributed by atoms with Gasteiger partial charge in [-0.2, -0.15) is 0 Å². The number of aromatic nitrogens is 1. The number of carboxylic acid groups (broad SMARTS) is 1. The van der Waals surface area contributed by atoms with Gasteiger partial charge in [-0.1, -0.05) is 5.16 Å². The minimum atomic E-state index is -1.29. The Bertz CT molecular complexity index is 450. The number of rotatable bonds is 2. The molecular formula is C11H14N2O3. The summed E-state index contributed by atoms with van der Waals surface area (Å²) in [6.45, 7) is 0. The molecule has 0 radical (unpaired) electrons. The topological polar surface area (TPSA) is 89.4 Å². The van der Waals surface area contributed by atoms with Crippen LogP contribution in [-0.2, 0) is 16.8 Å². The van der Waals surface area contributed by atoms with Crippen molar-refractivity contribution in [2.75, 3.05) is 0 Å². The highest BCUT2D eigenvalue weighted by Gasteiger charge is 2.47. The highest BCUT2D eigenvalue weighted by molar-refractivity contribution is 5.81. The van der Waals surface area contributed by atoms with Crippen molar-refractivity contribution in [2.45, 2.75) is 43.6 Å². The van der Waals surface area contributed by atoms with Gasteiger partial charge in [0.15, 0.2) is 0 Å². The van der Waals surface area contributed by atoms with Crippen molar-refractivity contribution in [2.24, 2.45) is 5.73 Å². The summed E-state index contributed by atoms with van der Waals surface area (Å²) in [6.07, 6.45) is 4.09. The van der Waals surface area contributed by atoms with Gasteiger partial charge in [0.25, 0.3) is 0 Å². The summed E-state index contributed by atoms with van der Waals surface area (Å²) in [5, 5.41) is 13.3. The molecule has 16 heavy (non-hydrogen) atoms. The Balaban J connectivity index is 2.14. The summed E-state index contributed by atoms with van der Waals surface area (Å²) in [7, 11) is 0. The van der Waals surface area contributed by atoms with Crippen LogP contribution in [0.5, 0.6) is 0 Å². The average molecular weight is 222 g/mol. The van der Waals surface area contributed by atoms with Gasteiger partial charge in [-0.15, -0.1) is 0 Å². The summed E-state index contributed by atoms with van der Waals surface area (Å²) in [5.41, 5.74) is 6.19. The molecule has 0 spiro atoms. The molecular weight excluding hydrogens is 208 g/mol. The Hall–Kier alpha value is -1.36. The second-order valence-corrected chi connectivity index (χ2v) is 4.77. The van der Waals surface area contributed by atoms with Gasteiger partial charge in [0.2, 0.25) is 0 Å². The van der Waals surface area contributed by atoms with Crippen molar-refractivity contribution in [3.05, 3.63) is 17.0 Å². The van der Waals surface area contributed by atoms with E-state index in [1.54, 1.807) is 0 Å². The lowest BCUT2D eigenvalue weighted by molar-refractivity contribution is -0.144. The summed E-state index contributed by atoms with van der Waals surface area (Å²) in [4.78, 5) is 11.3. The molecule has 1 heterocycles. The number of aliphatic carboxylic acids is 1. The third kappa shape index (κ3) is 1.21. The number of aryl methyl sites for hydroxylation is 1. The molecule has 1 atom stereocenters. The number of nitrogens with two attached hydrogens (primary N) is 1. The van der Waals surface area contributed by atoms with Gasteiger partial charge < -0.3 is 15.4 Å². The van der Waals surface area contributed by atoms with Crippen molar-refractivity contribution in [3.8, 4) is 0 Å². The quantitative estimate of drug-likeness (QED) is 0.782. The third-order valence-corrected chi connectivity index (χ3v) is 3.56. The van der Waals surface area contributed by atoms with Crippen LogP contribution in [0.15, 0.2) is 4.52 Å².